The first-order valence-electron chi connectivity index (χ1n) is 6.46. The first-order valence-corrected chi connectivity index (χ1v) is 6.46. The van der Waals surface area contributed by atoms with Crippen molar-refractivity contribution < 1.29 is 4.74 Å². The van der Waals surface area contributed by atoms with Crippen molar-refractivity contribution in [1.82, 2.24) is 10.3 Å². The Morgan fingerprint density at radius 1 is 1.26 bits per heavy atom. The summed E-state index contributed by atoms with van der Waals surface area (Å²) in [5.74, 6) is 1.11. The van der Waals surface area contributed by atoms with E-state index in [-0.39, 0.29) is 5.92 Å². The lowest BCUT2D eigenvalue weighted by Gasteiger charge is -2.20. The van der Waals surface area contributed by atoms with Crippen LogP contribution in [0.25, 0.3) is 0 Å². The van der Waals surface area contributed by atoms with Gasteiger partial charge in [0.2, 0.25) is 0 Å². The van der Waals surface area contributed by atoms with Gasteiger partial charge in [0, 0.05) is 29.9 Å². The Hall–Kier alpha value is -1.87. The van der Waals surface area contributed by atoms with Crippen LogP contribution in [0.3, 0.4) is 0 Å². The summed E-state index contributed by atoms with van der Waals surface area (Å²) in [6, 6.07) is 12.3. The third-order valence-electron chi connectivity index (χ3n) is 3.21. The number of nitrogens with one attached hydrogen (secondary N) is 1. The van der Waals surface area contributed by atoms with Crippen LogP contribution in [-0.2, 0) is 0 Å². The van der Waals surface area contributed by atoms with Gasteiger partial charge in [-0.05, 0) is 32.2 Å². The molecule has 2 rings (SSSR count). The van der Waals surface area contributed by atoms with Gasteiger partial charge in [-0.2, -0.15) is 0 Å². The summed E-state index contributed by atoms with van der Waals surface area (Å²) >= 11 is 0. The van der Waals surface area contributed by atoms with Crippen molar-refractivity contribution in [2.75, 3.05) is 20.7 Å². The van der Waals surface area contributed by atoms with E-state index in [0.717, 1.165) is 18.0 Å². The fourth-order valence-electron chi connectivity index (χ4n) is 2.29. The normalized spacial score (nSPS) is 12.2. The van der Waals surface area contributed by atoms with Gasteiger partial charge in [0.05, 0.1) is 7.11 Å². The highest BCUT2D eigenvalue weighted by Crippen LogP contribution is 2.31. The molecule has 2 aromatic rings. The van der Waals surface area contributed by atoms with E-state index in [0.29, 0.717) is 0 Å². The Labute approximate surface area is 114 Å². The molecule has 3 heteroatoms. The smallest absolute Gasteiger partial charge is 0.122 e. The van der Waals surface area contributed by atoms with Crippen LogP contribution >= 0.6 is 0 Å². The van der Waals surface area contributed by atoms with Gasteiger partial charge < -0.3 is 10.1 Å². The summed E-state index contributed by atoms with van der Waals surface area (Å²) in [5, 5.41) is 3.24. The van der Waals surface area contributed by atoms with E-state index < -0.39 is 0 Å². The Morgan fingerprint density at radius 3 is 2.74 bits per heavy atom. The van der Waals surface area contributed by atoms with E-state index in [1.54, 1.807) is 7.11 Å². The molecule has 0 spiro atoms. The van der Waals surface area contributed by atoms with Gasteiger partial charge in [-0.3, -0.25) is 4.98 Å². The number of methoxy groups -OCH3 is 1. The van der Waals surface area contributed by atoms with Crippen LogP contribution in [-0.4, -0.2) is 25.7 Å². The second-order valence-electron chi connectivity index (χ2n) is 4.61. The number of aromatic nitrogens is 1. The molecular weight excluding hydrogens is 236 g/mol. The minimum atomic E-state index is 0.195. The van der Waals surface area contributed by atoms with E-state index in [2.05, 4.69) is 35.4 Å². The maximum absolute atomic E-state index is 5.49. The lowest BCUT2D eigenvalue weighted by atomic mass is 9.93. The molecule has 3 nitrogen and oxygen atoms in total. The summed E-state index contributed by atoms with van der Waals surface area (Å²) in [4.78, 5) is 4.48. The maximum Gasteiger partial charge on any atom is 0.122 e. The summed E-state index contributed by atoms with van der Waals surface area (Å²) in [7, 11) is 3.67. The van der Waals surface area contributed by atoms with E-state index in [9.17, 15) is 0 Å². The number of hydrogen-bond acceptors (Lipinski definition) is 3. The fourth-order valence-corrected chi connectivity index (χ4v) is 2.29. The van der Waals surface area contributed by atoms with Crippen LogP contribution in [0.15, 0.2) is 42.6 Å². The molecule has 1 N–H and O–H groups in total. The van der Waals surface area contributed by atoms with Gasteiger partial charge in [-0.1, -0.05) is 23.8 Å². The Bertz CT molecular complexity index is 526. The van der Waals surface area contributed by atoms with Crippen LogP contribution in [0.1, 0.15) is 22.7 Å². The average molecular weight is 256 g/mol. The van der Waals surface area contributed by atoms with Gasteiger partial charge in [-0.25, -0.2) is 0 Å². The van der Waals surface area contributed by atoms with Crippen LogP contribution in [0.2, 0.25) is 0 Å². The van der Waals surface area contributed by atoms with E-state index in [4.69, 9.17) is 4.74 Å². The summed E-state index contributed by atoms with van der Waals surface area (Å²) in [6.45, 7) is 2.93. The quantitative estimate of drug-likeness (QED) is 0.893. The van der Waals surface area contributed by atoms with Gasteiger partial charge in [0.25, 0.3) is 0 Å². The fraction of sp³-hybridized carbons (Fsp3) is 0.312. The predicted molar refractivity (Wildman–Crippen MR) is 77.7 cm³/mol. The molecule has 1 aromatic heterocycles. The summed E-state index contributed by atoms with van der Waals surface area (Å²) in [6.07, 6.45) is 1.83. The largest absolute Gasteiger partial charge is 0.496 e. The van der Waals surface area contributed by atoms with Gasteiger partial charge >= 0.3 is 0 Å². The Morgan fingerprint density at radius 2 is 2.11 bits per heavy atom. The molecule has 19 heavy (non-hydrogen) atoms. The molecule has 0 amide bonds. The molecular formula is C16H20N2O. The Kier molecular flexibility index (Phi) is 4.53. The molecule has 0 saturated carbocycles. The molecule has 1 unspecified atom stereocenters. The van der Waals surface area contributed by atoms with Crippen molar-refractivity contribution in [2.24, 2.45) is 0 Å². The number of rotatable bonds is 5. The van der Waals surface area contributed by atoms with E-state index in [1.165, 1.54) is 11.1 Å². The number of benzene rings is 1. The van der Waals surface area contributed by atoms with E-state index in [1.807, 2.05) is 31.4 Å². The zero-order chi connectivity index (χ0) is 13.7. The van der Waals surface area contributed by atoms with Crippen LogP contribution in [0.4, 0.5) is 0 Å². The number of ether oxygens (including phenoxy) is 1. The lowest BCUT2D eigenvalue weighted by molar-refractivity contribution is 0.406. The summed E-state index contributed by atoms with van der Waals surface area (Å²) < 4.78 is 5.49. The van der Waals surface area contributed by atoms with Crippen LogP contribution < -0.4 is 10.1 Å². The number of pyridine rings is 1. The van der Waals surface area contributed by atoms with E-state index >= 15 is 0 Å². The van der Waals surface area contributed by atoms with Crippen molar-refractivity contribution in [3.63, 3.8) is 0 Å². The number of aryl methyl sites for hydroxylation is 1. The minimum absolute atomic E-state index is 0.195. The topological polar surface area (TPSA) is 34.2 Å². The molecule has 0 fully saturated rings. The molecule has 0 saturated heterocycles. The van der Waals surface area contributed by atoms with Crippen molar-refractivity contribution in [1.29, 1.82) is 0 Å². The van der Waals surface area contributed by atoms with Crippen molar-refractivity contribution in [3.05, 3.63) is 59.4 Å². The second-order valence-corrected chi connectivity index (χ2v) is 4.61. The highest BCUT2D eigenvalue weighted by Gasteiger charge is 2.18. The monoisotopic (exact) mass is 256 g/mol. The lowest BCUT2D eigenvalue weighted by Crippen LogP contribution is -2.19. The molecule has 0 aliphatic heterocycles. The molecule has 0 aliphatic rings. The van der Waals surface area contributed by atoms with Crippen molar-refractivity contribution >= 4 is 0 Å². The first-order chi connectivity index (χ1) is 9.26. The van der Waals surface area contributed by atoms with Crippen molar-refractivity contribution in [3.8, 4) is 5.75 Å². The minimum Gasteiger partial charge on any atom is -0.496 e. The highest BCUT2D eigenvalue weighted by molar-refractivity contribution is 5.43. The van der Waals surface area contributed by atoms with Crippen LogP contribution in [0.5, 0.6) is 5.75 Å². The number of hydrogen-bond donors (Lipinski definition) is 1. The molecule has 0 aliphatic carbocycles. The zero-order valence-electron chi connectivity index (χ0n) is 11.7. The average Bonchev–Trinajstić information content (AvgIpc) is 2.45. The molecule has 1 heterocycles. The maximum atomic E-state index is 5.49. The molecule has 100 valence electrons. The SMILES string of the molecule is CNCC(c1ccccn1)c1cc(C)ccc1OC. The van der Waals surface area contributed by atoms with Gasteiger partial charge in [-0.15, -0.1) is 0 Å². The van der Waals surface area contributed by atoms with Gasteiger partial charge in [0.15, 0.2) is 0 Å². The predicted octanol–water partition coefficient (Wildman–Crippen LogP) is 2.75. The molecule has 0 bridgehead atoms. The number of likely N-dealkylation sites (N-methyl/N-ethyl adjacent to an activating group) is 1. The first kappa shape index (κ1) is 13.6. The standard InChI is InChI=1S/C16H20N2O/c1-12-7-8-16(19-3)13(10-12)14(11-17-2)15-6-4-5-9-18-15/h4-10,14,17H,11H2,1-3H3. The summed E-state index contributed by atoms with van der Waals surface area (Å²) in [5.41, 5.74) is 3.46. The van der Waals surface area contributed by atoms with Crippen LogP contribution in [0, 0.1) is 6.92 Å². The third-order valence-corrected chi connectivity index (χ3v) is 3.21. The molecule has 0 radical (unpaired) electrons. The Balaban J connectivity index is 2.47. The molecule has 1 aromatic carbocycles. The third kappa shape index (κ3) is 3.12. The second kappa shape index (κ2) is 6.34. The highest BCUT2D eigenvalue weighted by atomic mass is 16.5. The molecule has 1 atom stereocenters. The zero-order valence-corrected chi connectivity index (χ0v) is 11.7. The van der Waals surface area contributed by atoms with Gasteiger partial charge in [0.1, 0.15) is 5.75 Å². The number of nitrogens with zero attached hydrogens (tertiary/aromatic N) is 1. The van der Waals surface area contributed by atoms with Crippen molar-refractivity contribution in [2.45, 2.75) is 12.8 Å².